The van der Waals surface area contributed by atoms with Crippen molar-refractivity contribution in [1.82, 2.24) is 14.4 Å². The molecule has 5 nitrogen and oxygen atoms in total. The van der Waals surface area contributed by atoms with Crippen LogP contribution >= 0.6 is 15.9 Å². The molecule has 0 N–H and O–H groups in total. The Morgan fingerprint density at radius 3 is 2.88 bits per heavy atom. The Morgan fingerprint density at radius 2 is 2.12 bits per heavy atom. The van der Waals surface area contributed by atoms with E-state index < -0.39 is 0 Å². The number of hydrogen-bond acceptors (Lipinski definition) is 4. The van der Waals surface area contributed by atoms with E-state index in [4.69, 9.17) is 4.74 Å². The Bertz CT molecular complexity index is 548. The molecule has 0 aromatic carbocycles. The number of morpholine rings is 1. The van der Waals surface area contributed by atoms with Crippen molar-refractivity contribution in [2.45, 2.75) is 6.92 Å². The molecule has 1 saturated heterocycles. The Morgan fingerprint density at radius 1 is 1.35 bits per heavy atom. The third kappa shape index (κ3) is 1.91. The smallest absolute Gasteiger partial charge is 0.181 e. The first-order valence-electron chi connectivity index (χ1n) is 5.58. The van der Waals surface area contributed by atoms with E-state index in [-0.39, 0.29) is 0 Å². The van der Waals surface area contributed by atoms with E-state index >= 15 is 0 Å². The number of nitrogens with zero attached hydrogens (tertiary/aromatic N) is 4. The van der Waals surface area contributed by atoms with Gasteiger partial charge in [-0.15, -0.1) is 0 Å². The molecule has 1 aliphatic heterocycles. The van der Waals surface area contributed by atoms with Gasteiger partial charge in [-0.25, -0.2) is 9.97 Å². The highest BCUT2D eigenvalue weighted by Gasteiger charge is 2.17. The maximum Gasteiger partial charge on any atom is 0.181 e. The van der Waals surface area contributed by atoms with Crippen molar-refractivity contribution in [3.8, 4) is 0 Å². The summed E-state index contributed by atoms with van der Waals surface area (Å²) in [6.07, 6.45) is 3.82. The van der Waals surface area contributed by atoms with E-state index in [1.165, 1.54) is 0 Å². The highest BCUT2D eigenvalue weighted by atomic mass is 79.9. The highest BCUT2D eigenvalue weighted by molar-refractivity contribution is 9.10. The van der Waals surface area contributed by atoms with Gasteiger partial charge in [0, 0.05) is 19.3 Å². The number of anilines is 1. The monoisotopic (exact) mass is 296 g/mol. The average Bonchev–Trinajstić information content (AvgIpc) is 2.73. The Balaban J connectivity index is 2.12. The average molecular weight is 297 g/mol. The summed E-state index contributed by atoms with van der Waals surface area (Å²) < 4.78 is 8.30. The van der Waals surface area contributed by atoms with Crippen LogP contribution in [-0.4, -0.2) is 40.7 Å². The minimum Gasteiger partial charge on any atom is -0.378 e. The van der Waals surface area contributed by atoms with E-state index in [0.29, 0.717) is 0 Å². The lowest BCUT2D eigenvalue weighted by molar-refractivity contribution is 0.122. The van der Waals surface area contributed by atoms with Gasteiger partial charge in [-0.2, -0.15) is 0 Å². The predicted octanol–water partition coefficient (Wildman–Crippen LogP) is 1.64. The van der Waals surface area contributed by atoms with Crippen molar-refractivity contribution < 1.29 is 4.74 Å². The van der Waals surface area contributed by atoms with Gasteiger partial charge in [0.15, 0.2) is 11.5 Å². The molecule has 1 fully saturated rings. The minimum absolute atomic E-state index is 0.754. The van der Waals surface area contributed by atoms with Crippen LogP contribution in [0.4, 0.5) is 5.82 Å². The van der Waals surface area contributed by atoms with Gasteiger partial charge in [0.05, 0.1) is 25.1 Å². The van der Waals surface area contributed by atoms with Crippen LogP contribution in [0, 0.1) is 6.92 Å². The number of rotatable bonds is 1. The summed E-state index contributed by atoms with van der Waals surface area (Å²) in [7, 11) is 0. The van der Waals surface area contributed by atoms with Crippen LogP contribution in [0.5, 0.6) is 0 Å². The van der Waals surface area contributed by atoms with Crippen molar-refractivity contribution in [2.24, 2.45) is 0 Å². The topological polar surface area (TPSA) is 42.7 Å². The van der Waals surface area contributed by atoms with Gasteiger partial charge in [0.2, 0.25) is 0 Å². The highest BCUT2D eigenvalue weighted by Crippen LogP contribution is 2.23. The molecular formula is C11H13BrN4O. The summed E-state index contributed by atoms with van der Waals surface area (Å²) in [5.41, 5.74) is 1.90. The molecule has 0 aliphatic carbocycles. The maximum atomic E-state index is 5.36. The largest absolute Gasteiger partial charge is 0.378 e. The van der Waals surface area contributed by atoms with Crippen LogP contribution in [-0.2, 0) is 4.74 Å². The molecule has 0 amide bonds. The molecule has 3 heterocycles. The Labute approximate surface area is 108 Å². The Kier molecular flexibility index (Phi) is 2.76. The zero-order valence-electron chi connectivity index (χ0n) is 9.56. The van der Waals surface area contributed by atoms with E-state index in [0.717, 1.165) is 48.1 Å². The second kappa shape index (κ2) is 4.27. The van der Waals surface area contributed by atoms with Crippen LogP contribution in [0.25, 0.3) is 5.65 Å². The number of fused-ring (bicyclic) bond motifs is 1. The van der Waals surface area contributed by atoms with Crippen molar-refractivity contribution in [3.05, 3.63) is 22.7 Å². The maximum absolute atomic E-state index is 5.36. The molecule has 0 spiro atoms. The second-order valence-corrected chi connectivity index (χ2v) is 4.89. The summed E-state index contributed by atoms with van der Waals surface area (Å²) in [5.74, 6) is 0.935. The first-order valence-corrected chi connectivity index (χ1v) is 6.38. The predicted molar refractivity (Wildman–Crippen MR) is 68.5 cm³/mol. The van der Waals surface area contributed by atoms with Gasteiger partial charge >= 0.3 is 0 Å². The molecule has 1 aliphatic rings. The summed E-state index contributed by atoms with van der Waals surface area (Å²) in [5, 5.41) is 0. The lowest BCUT2D eigenvalue weighted by atomic mass is 10.4. The molecular weight excluding hydrogens is 284 g/mol. The molecule has 90 valence electrons. The first-order chi connectivity index (χ1) is 8.25. The molecule has 0 unspecified atom stereocenters. The van der Waals surface area contributed by atoms with Gasteiger partial charge in [-0.05, 0) is 22.9 Å². The molecule has 2 aromatic heterocycles. The molecule has 0 saturated carbocycles. The third-order valence-corrected chi connectivity index (χ3v) is 3.45. The van der Waals surface area contributed by atoms with E-state index in [2.05, 4.69) is 30.8 Å². The van der Waals surface area contributed by atoms with Gasteiger partial charge in [-0.3, -0.25) is 4.40 Å². The number of aryl methyl sites for hydroxylation is 1. The van der Waals surface area contributed by atoms with Crippen molar-refractivity contribution in [2.75, 3.05) is 31.2 Å². The molecule has 2 aromatic rings. The van der Waals surface area contributed by atoms with E-state index in [1.807, 2.05) is 23.7 Å². The zero-order chi connectivity index (χ0) is 11.8. The van der Waals surface area contributed by atoms with Crippen molar-refractivity contribution >= 4 is 27.4 Å². The standard InChI is InChI=1S/C11H13BrN4O/c1-8-7-16-9(12)6-13-10(11(16)14-8)15-2-4-17-5-3-15/h6-7H,2-5H2,1H3. The van der Waals surface area contributed by atoms with Crippen molar-refractivity contribution in [1.29, 1.82) is 0 Å². The van der Waals surface area contributed by atoms with E-state index in [1.54, 1.807) is 0 Å². The summed E-state index contributed by atoms with van der Waals surface area (Å²) >= 11 is 3.49. The van der Waals surface area contributed by atoms with Crippen molar-refractivity contribution in [3.63, 3.8) is 0 Å². The summed E-state index contributed by atoms with van der Waals surface area (Å²) in [6.45, 7) is 5.24. The molecule has 0 atom stereocenters. The van der Waals surface area contributed by atoms with Crippen LogP contribution < -0.4 is 4.90 Å². The number of aromatic nitrogens is 3. The molecule has 0 bridgehead atoms. The van der Waals surface area contributed by atoms with Gasteiger partial charge < -0.3 is 9.64 Å². The first kappa shape index (κ1) is 11.0. The van der Waals surface area contributed by atoms with Gasteiger partial charge in [-0.1, -0.05) is 0 Å². The lowest BCUT2D eigenvalue weighted by Gasteiger charge is -2.27. The zero-order valence-corrected chi connectivity index (χ0v) is 11.1. The van der Waals surface area contributed by atoms with Gasteiger partial charge in [0.25, 0.3) is 0 Å². The van der Waals surface area contributed by atoms with Crippen LogP contribution in [0.3, 0.4) is 0 Å². The number of imidazole rings is 1. The molecule has 6 heteroatoms. The van der Waals surface area contributed by atoms with Gasteiger partial charge in [0.1, 0.15) is 4.60 Å². The Hall–Kier alpha value is -1.14. The van der Waals surface area contributed by atoms with E-state index in [9.17, 15) is 0 Å². The number of ether oxygens (including phenoxy) is 1. The fourth-order valence-electron chi connectivity index (χ4n) is 2.05. The van der Waals surface area contributed by atoms with Crippen LogP contribution in [0.2, 0.25) is 0 Å². The number of hydrogen-bond donors (Lipinski definition) is 0. The van der Waals surface area contributed by atoms with Crippen LogP contribution in [0.15, 0.2) is 17.0 Å². The SMILES string of the molecule is Cc1cn2c(Br)cnc(N3CCOCC3)c2n1. The minimum atomic E-state index is 0.754. The summed E-state index contributed by atoms with van der Waals surface area (Å²) in [6, 6.07) is 0. The lowest BCUT2D eigenvalue weighted by Crippen LogP contribution is -2.37. The normalized spacial score (nSPS) is 16.7. The molecule has 0 radical (unpaired) electrons. The fourth-order valence-corrected chi connectivity index (χ4v) is 2.42. The molecule has 17 heavy (non-hydrogen) atoms. The third-order valence-electron chi connectivity index (χ3n) is 2.86. The quantitative estimate of drug-likeness (QED) is 0.802. The molecule has 3 rings (SSSR count). The fraction of sp³-hybridized carbons (Fsp3) is 0.455. The van der Waals surface area contributed by atoms with Crippen LogP contribution in [0.1, 0.15) is 5.69 Å². The number of halogens is 1. The summed E-state index contributed by atoms with van der Waals surface area (Å²) in [4.78, 5) is 11.2. The second-order valence-electron chi connectivity index (χ2n) is 4.08.